The van der Waals surface area contributed by atoms with Crippen molar-refractivity contribution in [2.75, 3.05) is 18.4 Å². The first-order valence-corrected chi connectivity index (χ1v) is 11.6. The van der Waals surface area contributed by atoms with Gasteiger partial charge in [0, 0.05) is 37.1 Å². The Hall–Kier alpha value is -3.88. The van der Waals surface area contributed by atoms with E-state index in [1.807, 2.05) is 0 Å². The van der Waals surface area contributed by atoms with Crippen LogP contribution in [0.4, 0.5) is 14.8 Å². The zero-order chi connectivity index (χ0) is 24.5. The largest absolute Gasteiger partial charge is 0.424 e. The molecule has 0 unspecified atom stereocenters. The molecule has 1 amide bonds. The van der Waals surface area contributed by atoms with Gasteiger partial charge in [-0.2, -0.15) is 4.98 Å². The number of benzene rings is 2. The van der Waals surface area contributed by atoms with Crippen LogP contribution in [0.3, 0.4) is 0 Å². The van der Waals surface area contributed by atoms with Gasteiger partial charge in [-0.15, -0.1) is 0 Å². The van der Waals surface area contributed by atoms with Crippen molar-refractivity contribution in [1.82, 2.24) is 19.9 Å². The second-order valence-corrected chi connectivity index (χ2v) is 8.92. The van der Waals surface area contributed by atoms with Crippen LogP contribution >= 0.6 is 0 Å². The Balaban J connectivity index is 1.43. The lowest BCUT2D eigenvalue weighted by atomic mass is 9.89. The van der Waals surface area contributed by atoms with E-state index in [0.29, 0.717) is 41.1 Å². The summed E-state index contributed by atoms with van der Waals surface area (Å²) in [6.45, 7) is 4.66. The zero-order valence-electron chi connectivity index (χ0n) is 19.5. The fourth-order valence-corrected chi connectivity index (χ4v) is 4.62. The van der Waals surface area contributed by atoms with Crippen molar-refractivity contribution in [2.45, 2.75) is 32.7 Å². The molecule has 180 valence electrons. The molecule has 4 aromatic rings. The molecule has 2 atom stereocenters. The molecule has 1 aliphatic rings. The fraction of sp³-hybridized carbons (Fsp3) is 0.308. The standard InChI is InChI=1S/C26H25F2N5O2/c1-15-5-3-10-33(22(15)14-31-26-32-21-12-17(27)6-7-23(21)35-26)25(34)19-13-20(28)16(2)11-18(19)24-29-8-4-9-30-24/h4,6-9,11-13,15,22H,3,5,10,14H2,1-2H3,(H,31,32)/t15-,22-/m1/s1. The minimum absolute atomic E-state index is 0.183. The van der Waals surface area contributed by atoms with Crippen molar-refractivity contribution in [1.29, 1.82) is 0 Å². The first-order chi connectivity index (χ1) is 16.9. The van der Waals surface area contributed by atoms with Crippen molar-refractivity contribution in [2.24, 2.45) is 5.92 Å². The van der Waals surface area contributed by atoms with Crippen LogP contribution in [-0.2, 0) is 0 Å². The van der Waals surface area contributed by atoms with Crippen molar-refractivity contribution >= 4 is 23.0 Å². The maximum Gasteiger partial charge on any atom is 0.295 e. The molecule has 0 saturated carbocycles. The highest BCUT2D eigenvalue weighted by atomic mass is 19.1. The quantitative estimate of drug-likeness (QED) is 0.424. The number of carbonyl (C=O) groups excluding carboxylic acids is 1. The number of nitrogens with zero attached hydrogens (tertiary/aromatic N) is 4. The van der Waals surface area contributed by atoms with E-state index in [1.165, 1.54) is 24.3 Å². The van der Waals surface area contributed by atoms with E-state index in [4.69, 9.17) is 4.42 Å². The number of likely N-dealkylation sites (tertiary alicyclic amines) is 1. The van der Waals surface area contributed by atoms with Gasteiger partial charge in [-0.1, -0.05) is 6.92 Å². The molecule has 35 heavy (non-hydrogen) atoms. The van der Waals surface area contributed by atoms with Gasteiger partial charge in [0.2, 0.25) is 0 Å². The number of carbonyl (C=O) groups is 1. The molecular weight excluding hydrogens is 452 g/mol. The van der Waals surface area contributed by atoms with Gasteiger partial charge in [0.1, 0.15) is 17.2 Å². The van der Waals surface area contributed by atoms with E-state index < -0.39 is 11.6 Å². The predicted octanol–water partition coefficient (Wildman–Crippen LogP) is 5.22. The van der Waals surface area contributed by atoms with Crippen molar-refractivity contribution in [3.8, 4) is 11.4 Å². The van der Waals surface area contributed by atoms with E-state index in [1.54, 1.807) is 36.4 Å². The predicted molar refractivity (Wildman–Crippen MR) is 128 cm³/mol. The van der Waals surface area contributed by atoms with Crippen LogP contribution in [0.5, 0.6) is 0 Å². The third kappa shape index (κ3) is 4.58. The van der Waals surface area contributed by atoms with Gasteiger partial charge in [0.15, 0.2) is 11.4 Å². The number of rotatable bonds is 5. The highest BCUT2D eigenvalue weighted by Gasteiger charge is 2.34. The van der Waals surface area contributed by atoms with E-state index in [2.05, 4.69) is 27.2 Å². The highest BCUT2D eigenvalue weighted by Crippen LogP contribution is 2.30. The highest BCUT2D eigenvalue weighted by molar-refractivity contribution is 6.00. The van der Waals surface area contributed by atoms with Gasteiger partial charge in [-0.05, 0) is 61.6 Å². The number of piperidine rings is 1. The molecule has 0 aliphatic carbocycles. The number of anilines is 1. The smallest absolute Gasteiger partial charge is 0.295 e. The monoisotopic (exact) mass is 477 g/mol. The normalized spacial score (nSPS) is 18.1. The van der Waals surface area contributed by atoms with Crippen LogP contribution in [0.2, 0.25) is 0 Å². The summed E-state index contributed by atoms with van der Waals surface area (Å²) in [6.07, 6.45) is 4.98. The number of halogens is 2. The SMILES string of the molecule is Cc1cc(-c2ncccn2)c(C(=O)N2CCC[C@@H](C)[C@H]2CNc2nc3cc(F)ccc3o2)cc1F. The maximum atomic E-state index is 14.6. The lowest BCUT2D eigenvalue weighted by Gasteiger charge is -2.40. The van der Waals surface area contributed by atoms with Crippen molar-refractivity contribution in [3.05, 3.63) is 71.6 Å². The lowest BCUT2D eigenvalue weighted by molar-refractivity contribution is 0.0539. The topological polar surface area (TPSA) is 84.2 Å². The summed E-state index contributed by atoms with van der Waals surface area (Å²) in [5.74, 6) is -0.555. The van der Waals surface area contributed by atoms with Gasteiger partial charge >= 0.3 is 0 Å². The number of aryl methyl sites for hydroxylation is 1. The Labute approximate surface area is 201 Å². The average Bonchev–Trinajstić information content (AvgIpc) is 3.26. The van der Waals surface area contributed by atoms with Crippen molar-refractivity contribution in [3.63, 3.8) is 0 Å². The number of hydrogen-bond acceptors (Lipinski definition) is 6. The molecule has 5 rings (SSSR count). The summed E-state index contributed by atoms with van der Waals surface area (Å²) in [6, 6.07) is 8.82. The number of aromatic nitrogens is 3. The van der Waals surface area contributed by atoms with Crippen LogP contribution in [0.15, 0.2) is 53.2 Å². The molecule has 7 nitrogen and oxygen atoms in total. The van der Waals surface area contributed by atoms with Crippen LogP contribution in [0.1, 0.15) is 35.7 Å². The molecule has 1 fully saturated rings. The number of fused-ring (bicyclic) bond motifs is 1. The van der Waals surface area contributed by atoms with E-state index in [9.17, 15) is 13.6 Å². The molecule has 2 aromatic carbocycles. The average molecular weight is 478 g/mol. The second-order valence-electron chi connectivity index (χ2n) is 8.92. The Bertz CT molecular complexity index is 1380. The first kappa shape index (κ1) is 22.9. The Kier molecular flexibility index (Phi) is 6.15. The number of hydrogen-bond donors (Lipinski definition) is 1. The van der Waals surface area contributed by atoms with Gasteiger partial charge in [0.25, 0.3) is 11.9 Å². The minimum Gasteiger partial charge on any atom is -0.424 e. The van der Waals surface area contributed by atoms with E-state index >= 15 is 0 Å². The summed E-state index contributed by atoms with van der Waals surface area (Å²) in [4.78, 5) is 28.4. The minimum atomic E-state index is -0.452. The fourth-order valence-electron chi connectivity index (χ4n) is 4.62. The summed E-state index contributed by atoms with van der Waals surface area (Å²) in [5, 5.41) is 3.16. The van der Waals surface area contributed by atoms with Crippen LogP contribution in [0.25, 0.3) is 22.5 Å². The van der Waals surface area contributed by atoms with Crippen LogP contribution < -0.4 is 5.32 Å². The van der Waals surface area contributed by atoms with E-state index in [-0.39, 0.29) is 29.4 Å². The molecule has 1 saturated heterocycles. The Morgan fingerprint density at radius 1 is 1.20 bits per heavy atom. The molecule has 1 N–H and O–H groups in total. The molecule has 0 spiro atoms. The number of nitrogens with one attached hydrogen (secondary N) is 1. The Morgan fingerprint density at radius 2 is 2.00 bits per heavy atom. The molecule has 9 heteroatoms. The lowest BCUT2D eigenvalue weighted by Crippen LogP contribution is -2.51. The van der Waals surface area contributed by atoms with Gasteiger partial charge < -0.3 is 14.6 Å². The molecule has 0 radical (unpaired) electrons. The van der Waals surface area contributed by atoms with Crippen LogP contribution in [0, 0.1) is 24.5 Å². The second kappa shape index (κ2) is 9.40. The molecule has 0 bridgehead atoms. The Morgan fingerprint density at radius 3 is 2.80 bits per heavy atom. The first-order valence-electron chi connectivity index (χ1n) is 11.6. The van der Waals surface area contributed by atoms with E-state index in [0.717, 1.165) is 12.8 Å². The third-order valence-electron chi connectivity index (χ3n) is 6.52. The number of oxazole rings is 1. The van der Waals surface area contributed by atoms with Gasteiger partial charge in [-0.25, -0.2) is 18.7 Å². The third-order valence-corrected chi connectivity index (χ3v) is 6.52. The number of amides is 1. The molecule has 1 aliphatic heterocycles. The molecular formula is C26H25F2N5O2. The van der Waals surface area contributed by atoms with Crippen LogP contribution in [-0.4, -0.2) is 44.9 Å². The molecule has 2 aromatic heterocycles. The van der Waals surface area contributed by atoms with Gasteiger partial charge in [-0.3, -0.25) is 4.79 Å². The summed E-state index contributed by atoms with van der Waals surface area (Å²) < 4.78 is 33.8. The zero-order valence-corrected chi connectivity index (χ0v) is 19.5. The maximum absolute atomic E-state index is 14.6. The van der Waals surface area contributed by atoms with Gasteiger partial charge in [0.05, 0.1) is 11.6 Å². The molecule has 3 heterocycles. The summed E-state index contributed by atoms with van der Waals surface area (Å²) in [7, 11) is 0. The van der Waals surface area contributed by atoms with Crippen molar-refractivity contribution < 1.29 is 18.0 Å². The summed E-state index contributed by atoms with van der Waals surface area (Å²) in [5.41, 5.74) is 2.04. The summed E-state index contributed by atoms with van der Waals surface area (Å²) >= 11 is 0.